The molecular weight excluding hydrogens is 272 g/mol. The standard InChI is InChI=1S/C15H14N2S2/c1-2-11-5-6-13-14(8-11)19-15(17-13)18-10-12-4-3-7-16-9-12/h3-9H,2,10H2,1H3. The van der Waals surface area contributed by atoms with Gasteiger partial charge in [-0.2, -0.15) is 0 Å². The van der Waals surface area contributed by atoms with Crippen LogP contribution in [0.25, 0.3) is 10.2 Å². The summed E-state index contributed by atoms with van der Waals surface area (Å²) in [4.78, 5) is 8.80. The molecule has 0 unspecified atom stereocenters. The third kappa shape index (κ3) is 2.96. The minimum absolute atomic E-state index is 0.925. The van der Waals surface area contributed by atoms with Crippen molar-refractivity contribution in [2.24, 2.45) is 0 Å². The van der Waals surface area contributed by atoms with Crippen molar-refractivity contribution in [3.8, 4) is 0 Å². The first-order valence-electron chi connectivity index (χ1n) is 6.26. The summed E-state index contributed by atoms with van der Waals surface area (Å²) in [5, 5.41) is 0. The molecule has 0 spiro atoms. The summed E-state index contributed by atoms with van der Waals surface area (Å²) in [7, 11) is 0. The number of rotatable bonds is 4. The highest BCUT2D eigenvalue weighted by molar-refractivity contribution is 8.00. The Hall–Kier alpha value is -1.39. The number of hydrogen-bond donors (Lipinski definition) is 0. The second-order valence-corrected chi connectivity index (χ2v) is 6.54. The summed E-state index contributed by atoms with van der Waals surface area (Å²) in [6.45, 7) is 2.18. The zero-order valence-electron chi connectivity index (χ0n) is 10.7. The predicted octanol–water partition coefficient (Wildman–Crippen LogP) is 4.55. The first-order chi connectivity index (χ1) is 9.35. The van der Waals surface area contributed by atoms with Crippen molar-refractivity contribution >= 4 is 33.3 Å². The molecule has 0 aliphatic carbocycles. The van der Waals surface area contributed by atoms with Crippen LogP contribution in [0.15, 0.2) is 47.1 Å². The largest absolute Gasteiger partial charge is 0.264 e. The molecular formula is C15H14N2S2. The van der Waals surface area contributed by atoms with Gasteiger partial charge < -0.3 is 0 Å². The van der Waals surface area contributed by atoms with E-state index in [9.17, 15) is 0 Å². The van der Waals surface area contributed by atoms with Crippen molar-refractivity contribution < 1.29 is 0 Å². The quantitative estimate of drug-likeness (QED) is 0.658. The van der Waals surface area contributed by atoms with Crippen LogP contribution in [-0.4, -0.2) is 9.97 Å². The van der Waals surface area contributed by atoms with Crippen LogP contribution in [-0.2, 0) is 12.2 Å². The molecule has 2 heterocycles. The lowest BCUT2D eigenvalue weighted by molar-refractivity contribution is 1.15. The topological polar surface area (TPSA) is 25.8 Å². The van der Waals surface area contributed by atoms with Gasteiger partial charge in [-0.15, -0.1) is 11.3 Å². The molecule has 2 aromatic heterocycles. The Morgan fingerprint density at radius 1 is 1.21 bits per heavy atom. The number of thiazole rings is 1. The van der Waals surface area contributed by atoms with Crippen LogP contribution in [0.2, 0.25) is 0 Å². The van der Waals surface area contributed by atoms with Gasteiger partial charge in [-0.05, 0) is 35.7 Å². The van der Waals surface area contributed by atoms with Crippen molar-refractivity contribution in [1.82, 2.24) is 9.97 Å². The Bertz CT molecular complexity index is 677. The van der Waals surface area contributed by atoms with E-state index < -0.39 is 0 Å². The number of thioether (sulfide) groups is 1. The van der Waals surface area contributed by atoms with Crippen LogP contribution in [0.1, 0.15) is 18.1 Å². The number of hydrogen-bond acceptors (Lipinski definition) is 4. The molecule has 0 aliphatic heterocycles. The SMILES string of the molecule is CCc1ccc2nc(SCc3cccnc3)sc2c1. The summed E-state index contributed by atoms with van der Waals surface area (Å²) >= 11 is 3.56. The molecule has 19 heavy (non-hydrogen) atoms. The summed E-state index contributed by atoms with van der Waals surface area (Å²) in [5.41, 5.74) is 3.72. The van der Waals surface area contributed by atoms with E-state index in [2.05, 4.69) is 41.2 Å². The zero-order valence-corrected chi connectivity index (χ0v) is 12.3. The summed E-state index contributed by atoms with van der Waals surface area (Å²) in [6.07, 6.45) is 4.79. The second kappa shape index (κ2) is 5.72. The molecule has 0 radical (unpaired) electrons. The number of pyridine rings is 1. The first kappa shape index (κ1) is 12.6. The lowest BCUT2D eigenvalue weighted by atomic mass is 10.2. The van der Waals surface area contributed by atoms with Crippen LogP contribution >= 0.6 is 23.1 Å². The van der Waals surface area contributed by atoms with E-state index in [0.717, 1.165) is 22.0 Å². The Labute approximate surface area is 120 Å². The molecule has 0 bridgehead atoms. The van der Waals surface area contributed by atoms with E-state index in [1.165, 1.54) is 15.8 Å². The Morgan fingerprint density at radius 2 is 2.16 bits per heavy atom. The van der Waals surface area contributed by atoms with Gasteiger partial charge in [-0.1, -0.05) is 30.8 Å². The van der Waals surface area contributed by atoms with Gasteiger partial charge >= 0.3 is 0 Å². The van der Waals surface area contributed by atoms with Gasteiger partial charge in [-0.25, -0.2) is 4.98 Å². The minimum Gasteiger partial charge on any atom is -0.264 e. The van der Waals surface area contributed by atoms with E-state index in [0.29, 0.717) is 0 Å². The molecule has 96 valence electrons. The Balaban J connectivity index is 1.78. The van der Waals surface area contributed by atoms with Gasteiger partial charge in [0.2, 0.25) is 0 Å². The summed E-state index contributed by atoms with van der Waals surface area (Å²) in [5.74, 6) is 0.925. The van der Waals surface area contributed by atoms with Crippen LogP contribution in [0.5, 0.6) is 0 Å². The maximum absolute atomic E-state index is 4.66. The van der Waals surface area contributed by atoms with Gasteiger partial charge in [-0.3, -0.25) is 4.98 Å². The number of aromatic nitrogens is 2. The molecule has 0 saturated carbocycles. The fourth-order valence-corrected chi connectivity index (χ4v) is 3.92. The lowest BCUT2D eigenvalue weighted by Crippen LogP contribution is -1.80. The molecule has 0 atom stereocenters. The van der Waals surface area contributed by atoms with Gasteiger partial charge in [0.25, 0.3) is 0 Å². The lowest BCUT2D eigenvalue weighted by Gasteiger charge is -1.96. The van der Waals surface area contributed by atoms with Gasteiger partial charge in [0.05, 0.1) is 10.2 Å². The smallest absolute Gasteiger partial charge is 0.151 e. The maximum Gasteiger partial charge on any atom is 0.151 e. The Kier molecular flexibility index (Phi) is 3.80. The zero-order chi connectivity index (χ0) is 13.1. The van der Waals surface area contributed by atoms with Gasteiger partial charge in [0.15, 0.2) is 4.34 Å². The number of aryl methyl sites for hydroxylation is 1. The van der Waals surface area contributed by atoms with E-state index in [-0.39, 0.29) is 0 Å². The molecule has 0 fully saturated rings. The van der Waals surface area contributed by atoms with Crippen LogP contribution in [0, 0.1) is 0 Å². The van der Waals surface area contributed by atoms with Crippen molar-refractivity contribution in [3.05, 3.63) is 53.9 Å². The normalized spacial score (nSPS) is 11.0. The fourth-order valence-electron chi connectivity index (χ4n) is 1.86. The minimum atomic E-state index is 0.925. The van der Waals surface area contributed by atoms with E-state index in [1.54, 1.807) is 29.3 Å². The molecule has 0 N–H and O–H groups in total. The average molecular weight is 286 g/mol. The second-order valence-electron chi connectivity index (χ2n) is 4.29. The fraction of sp³-hybridized carbons (Fsp3) is 0.200. The van der Waals surface area contributed by atoms with Crippen LogP contribution in [0.3, 0.4) is 0 Å². The van der Waals surface area contributed by atoms with Gasteiger partial charge in [0.1, 0.15) is 0 Å². The van der Waals surface area contributed by atoms with Crippen LogP contribution in [0.4, 0.5) is 0 Å². The van der Waals surface area contributed by atoms with Crippen LogP contribution < -0.4 is 0 Å². The molecule has 4 heteroatoms. The Morgan fingerprint density at radius 3 is 2.95 bits per heavy atom. The summed E-state index contributed by atoms with van der Waals surface area (Å²) < 4.78 is 2.42. The highest BCUT2D eigenvalue weighted by Gasteiger charge is 2.05. The summed E-state index contributed by atoms with van der Waals surface area (Å²) in [6, 6.07) is 10.6. The molecule has 3 rings (SSSR count). The van der Waals surface area contributed by atoms with Crippen molar-refractivity contribution in [2.45, 2.75) is 23.4 Å². The van der Waals surface area contributed by atoms with E-state index in [1.807, 2.05) is 12.3 Å². The molecule has 0 aliphatic rings. The van der Waals surface area contributed by atoms with Crippen molar-refractivity contribution in [3.63, 3.8) is 0 Å². The highest BCUT2D eigenvalue weighted by atomic mass is 32.2. The highest BCUT2D eigenvalue weighted by Crippen LogP contribution is 2.31. The molecule has 1 aromatic carbocycles. The maximum atomic E-state index is 4.66. The van der Waals surface area contributed by atoms with Crippen molar-refractivity contribution in [2.75, 3.05) is 0 Å². The van der Waals surface area contributed by atoms with Crippen molar-refractivity contribution in [1.29, 1.82) is 0 Å². The number of benzene rings is 1. The molecule has 3 aromatic rings. The first-order valence-corrected chi connectivity index (χ1v) is 8.06. The molecule has 0 saturated heterocycles. The monoisotopic (exact) mass is 286 g/mol. The average Bonchev–Trinajstić information content (AvgIpc) is 2.88. The van der Waals surface area contributed by atoms with E-state index >= 15 is 0 Å². The predicted molar refractivity (Wildman–Crippen MR) is 82.8 cm³/mol. The third-order valence-corrected chi connectivity index (χ3v) is 5.16. The van der Waals surface area contributed by atoms with Gasteiger partial charge in [0, 0.05) is 18.1 Å². The molecule has 2 nitrogen and oxygen atoms in total. The number of nitrogens with zero attached hydrogens (tertiary/aromatic N) is 2. The third-order valence-electron chi connectivity index (χ3n) is 2.93. The molecule has 0 amide bonds. The van der Waals surface area contributed by atoms with E-state index in [4.69, 9.17) is 0 Å². The number of fused-ring (bicyclic) bond motifs is 1.